The number of H-pyrrole nitrogens is 1. The largest absolute Gasteiger partial charge is 0.390 e. The molecule has 13 heteroatoms. The molecule has 2 aromatic carbocycles. The number of sulfone groups is 1. The summed E-state index contributed by atoms with van der Waals surface area (Å²) in [5.74, 6) is -1.50. The zero-order chi connectivity index (χ0) is 32.4. The highest BCUT2D eigenvalue weighted by Crippen LogP contribution is 2.15. The zero-order valence-electron chi connectivity index (χ0n) is 24.6. The molecule has 3 atom stereocenters. The minimum Gasteiger partial charge on any atom is -0.390 e. The number of amides is 2. The summed E-state index contributed by atoms with van der Waals surface area (Å²) in [6, 6.07) is 8.48. The second-order valence-corrected chi connectivity index (χ2v) is 12.9. The van der Waals surface area contributed by atoms with E-state index < -0.39 is 57.2 Å². The fraction of sp³-hybridized carbons (Fsp3) is 0.387. The fourth-order valence-electron chi connectivity index (χ4n) is 4.58. The Bertz CT molecular complexity index is 1580. The van der Waals surface area contributed by atoms with Gasteiger partial charge in [0.1, 0.15) is 23.4 Å². The summed E-state index contributed by atoms with van der Waals surface area (Å²) >= 11 is 0. The Kier molecular flexibility index (Phi) is 12.2. The van der Waals surface area contributed by atoms with E-state index in [1.165, 1.54) is 11.0 Å². The third kappa shape index (κ3) is 10.3. The number of aliphatic hydroxyl groups excluding tert-OH is 1. The highest BCUT2D eigenvalue weighted by molar-refractivity contribution is 7.91. The Balaban J connectivity index is 1.93. The number of carbonyl (C=O) groups is 2. The van der Waals surface area contributed by atoms with E-state index in [9.17, 15) is 31.9 Å². The van der Waals surface area contributed by atoms with Crippen molar-refractivity contribution < 1.29 is 31.9 Å². The lowest BCUT2D eigenvalue weighted by Crippen LogP contribution is -2.54. The number of aromatic nitrogens is 2. The molecule has 0 radical (unpaired) electrons. The van der Waals surface area contributed by atoms with Crippen molar-refractivity contribution >= 4 is 21.7 Å². The zero-order valence-corrected chi connectivity index (χ0v) is 25.4. The first-order valence-corrected chi connectivity index (χ1v) is 15.9. The van der Waals surface area contributed by atoms with Crippen LogP contribution in [0.5, 0.6) is 0 Å². The summed E-state index contributed by atoms with van der Waals surface area (Å²) in [4.78, 5) is 28.3. The number of carbonyl (C=O) groups excluding carboxylic acids is 2. The molecule has 0 aliphatic carbocycles. The van der Waals surface area contributed by atoms with Gasteiger partial charge in [-0.05, 0) is 61.2 Å². The van der Waals surface area contributed by atoms with E-state index in [1.807, 2.05) is 6.92 Å². The molecule has 44 heavy (non-hydrogen) atoms. The van der Waals surface area contributed by atoms with Gasteiger partial charge in [0.05, 0.1) is 23.3 Å². The Labute approximate surface area is 256 Å². The molecule has 2 amide bonds. The summed E-state index contributed by atoms with van der Waals surface area (Å²) in [5.41, 5.74) is 8.04. The van der Waals surface area contributed by atoms with E-state index in [2.05, 4.69) is 21.4 Å². The molecule has 0 aliphatic rings. The number of halogens is 2. The molecule has 10 nitrogen and oxygen atoms in total. The summed E-state index contributed by atoms with van der Waals surface area (Å²) < 4.78 is 53.4. The van der Waals surface area contributed by atoms with Gasteiger partial charge in [-0.3, -0.25) is 14.7 Å². The molecular formula is C31H37F2N5O5S. The second-order valence-electron chi connectivity index (χ2n) is 10.7. The van der Waals surface area contributed by atoms with Gasteiger partial charge >= 0.3 is 0 Å². The van der Waals surface area contributed by atoms with E-state index in [-0.39, 0.29) is 36.5 Å². The first-order valence-electron chi connectivity index (χ1n) is 14.1. The van der Waals surface area contributed by atoms with Crippen LogP contribution in [0.15, 0.2) is 48.5 Å². The van der Waals surface area contributed by atoms with Crippen LogP contribution >= 0.6 is 0 Å². The Hall–Kier alpha value is -4.12. The molecule has 0 spiro atoms. The topological polar surface area (TPSA) is 158 Å². The third-order valence-corrected chi connectivity index (χ3v) is 8.61. The Morgan fingerprint density at radius 1 is 1.16 bits per heavy atom. The van der Waals surface area contributed by atoms with Crippen molar-refractivity contribution in [2.24, 2.45) is 5.73 Å². The maximum atomic E-state index is 14.1. The molecule has 3 rings (SSSR count). The fourth-order valence-corrected chi connectivity index (χ4v) is 6.21. The highest BCUT2D eigenvalue weighted by Gasteiger charge is 2.33. The van der Waals surface area contributed by atoms with Crippen LogP contribution in [0.3, 0.4) is 0 Å². The van der Waals surface area contributed by atoms with Gasteiger partial charge in [-0.2, -0.15) is 5.10 Å². The number of hydrogen-bond acceptors (Lipinski definition) is 7. The van der Waals surface area contributed by atoms with Gasteiger partial charge in [-0.1, -0.05) is 31.4 Å². The quantitative estimate of drug-likeness (QED) is 0.188. The van der Waals surface area contributed by atoms with Gasteiger partial charge in [-0.15, -0.1) is 6.42 Å². The van der Waals surface area contributed by atoms with Gasteiger partial charge in [0.25, 0.3) is 5.91 Å². The number of aryl methyl sites for hydroxylation is 1. The Morgan fingerprint density at radius 3 is 2.48 bits per heavy atom. The van der Waals surface area contributed by atoms with E-state index >= 15 is 0 Å². The maximum Gasteiger partial charge on any atom is 0.269 e. The van der Waals surface area contributed by atoms with Crippen molar-refractivity contribution in [1.29, 1.82) is 0 Å². The summed E-state index contributed by atoms with van der Waals surface area (Å²) in [5, 5.41) is 20.0. The summed E-state index contributed by atoms with van der Waals surface area (Å²) in [6.07, 6.45) is 4.99. The van der Waals surface area contributed by atoms with Crippen molar-refractivity contribution in [2.45, 2.75) is 57.8 Å². The number of benzene rings is 2. The molecule has 0 unspecified atom stereocenters. The van der Waals surface area contributed by atoms with Crippen molar-refractivity contribution in [3.63, 3.8) is 0 Å². The second kappa shape index (κ2) is 15.6. The van der Waals surface area contributed by atoms with Gasteiger partial charge in [0.15, 0.2) is 9.84 Å². The molecule has 0 fully saturated rings. The minimum atomic E-state index is -3.79. The van der Waals surface area contributed by atoms with Gasteiger partial charge in [0.2, 0.25) is 5.91 Å². The first kappa shape index (κ1) is 34.4. The molecule has 0 saturated carbocycles. The molecule has 5 N–H and O–H groups in total. The van der Waals surface area contributed by atoms with E-state index in [0.29, 0.717) is 35.7 Å². The SMILES string of the molecule is C#Cc1cccc(CN(C[C@@H](O)[C@@H](N)Cc2cc(F)cc(F)c2)C(=O)[C@@H](CS(=O)(=O)CCCC)NC(=O)c2cc(C)n[nH]2)c1. The van der Waals surface area contributed by atoms with Gasteiger partial charge < -0.3 is 21.1 Å². The molecule has 1 heterocycles. The number of nitrogens with two attached hydrogens (primary N) is 1. The third-order valence-electron chi connectivity index (χ3n) is 6.86. The van der Waals surface area contributed by atoms with Crippen LogP contribution in [-0.2, 0) is 27.6 Å². The molecular weight excluding hydrogens is 592 g/mol. The van der Waals surface area contributed by atoms with Crippen LogP contribution in [0.1, 0.15) is 52.6 Å². The van der Waals surface area contributed by atoms with E-state index in [1.54, 1.807) is 31.2 Å². The molecule has 1 aromatic heterocycles. The lowest BCUT2D eigenvalue weighted by Gasteiger charge is -2.31. The average Bonchev–Trinajstić information content (AvgIpc) is 3.40. The van der Waals surface area contributed by atoms with Crippen LogP contribution in [0.25, 0.3) is 0 Å². The molecule has 3 aromatic rings. The van der Waals surface area contributed by atoms with Crippen LogP contribution in [0, 0.1) is 30.9 Å². The minimum absolute atomic E-state index is 0.0314. The molecule has 0 saturated heterocycles. The van der Waals surface area contributed by atoms with Crippen molar-refractivity contribution in [3.05, 3.63) is 88.2 Å². The van der Waals surface area contributed by atoms with E-state index in [0.717, 1.165) is 12.1 Å². The lowest BCUT2D eigenvalue weighted by molar-refractivity contribution is -0.135. The van der Waals surface area contributed by atoms with E-state index in [4.69, 9.17) is 12.2 Å². The average molecular weight is 630 g/mol. The smallest absolute Gasteiger partial charge is 0.269 e. The van der Waals surface area contributed by atoms with Crippen LogP contribution < -0.4 is 11.1 Å². The van der Waals surface area contributed by atoms with Crippen LogP contribution in [0.2, 0.25) is 0 Å². The summed E-state index contributed by atoms with van der Waals surface area (Å²) in [7, 11) is -3.79. The highest BCUT2D eigenvalue weighted by atomic mass is 32.2. The van der Waals surface area contributed by atoms with Crippen LogP contribution in [-0.4, -0.2) is 76.7 Å². The number of hydrogen-bond donors (Lipinski definition) is 4. The number of nitrogens with zero attached hydrogens (tertiary/aromatic N) is 2. The van der Waals surface area contributed by atoms with Crippen molar-refractivity contribution in [2.75, 3.05) is 18.1 Å². The monoisotopic (exact) mass is 629 g/mol. The first-order chi connectivity index (χ1) is 20.8. The van der Waals surface area contributed by atoms with Gasteiger partial charge in [-0.25, -0.2) is 17.2 Å². The van der Waals surface area contributed by atoms with Crippen LogP contribution in [0.4, 0.5) is 8.78 Å². The maximum absolute atomic E-state index is 14.1. The van der Waals surface area contributed by atoms with Crippen molar-refractivity contribution in [3.8, 4) is 12.3 Å². The number of rotatable bonds is 15. The lowest BCUT2D eigenvalue weighted by atomic mass is 10.0. The van der Waals surface area contributed by atoms with Crippen molar-refractivity contribution in [1.82, 2.24) is 20.4 Å². The number of aliphatic hydroxyl groups is 1. The molecule has 0 aliphatic heterocycles. The number of terminal acetylenes is 1. The predicted octanol–water partition coefficient (Wildman–Crippen LogP) is 2.25. The molecule has 0 bridgehead atoms. The summed E-state index contributed by atoms with van der Waals surface area (Å²) in [6.45, 7) is 2.98. The Morgan fingerprint density at radius 2 is 1.86 bits per heavy atom. The number of aromatic amines is 1. The predicted molar refractivity (Wildman–Crippen MR) is 162 cm³/mol. The normalized spacial score (nSPS) is 13.5. The standard InChI is InChI=1S/C31H37F2N5O5S/c1-4-6-10-44(42,43)19-28(35-30(40)27-11-20(3)36-37-27)31(41)38(17-22-9-7-8-21(5-2)12-22)18-29(39)26(34)15-23-13-24(32)16-25(33)14-23/h2,7-9,11-14,16,26,28-29,39H,4,6,10,15,17-19,34H2,1,3H3,(H,35,40)(H,36,37)/t26-,28+,29+/m0/s1. The number of nitrogens with one attached hydrogen (secondary N) is 2. The molecule has 236 valence electrons. The number of unbranched alkanes of at least 4 members (excludes halogenated alkanes) is 1. The van der Waals surface area contributed by atoms with Gasteiger partial charge in [0, 0.05) is 30.8 Å².